The van der Waals surface area contributed by atoms with E-state index >= 15 is 0 Å². The summed E-state index contributed by atoms with van der Waals surface area (Å²) < 4.78 is 2.11. The molecule has 0 bridgehead atoms. The van der Waals surface area contributed by atoms with Crippen molar-refractivity contribution < 1.29 is 4.79 Å². The highest BCUT2D eigenvalue weighted by atomic mass is 127. The van der Waals surface area contributed by atoms with Gasteiger partial charge in [-0.05, 0) is 19.1 Å². The number of nitrogens with one attached hydrogen (secondary N) is 3. The number of carbonyl (C=O) groups is 1. The number of aliphatic imine (C=N–C) groups is 1. The number of halogens is 1. The molecule has 1 aromatic rings. The summed E-state index contributed by atoms with van der Waals surface area (Å²) in [6, 6.07) is 4.02. The topological polar surface area (TPSA) is 70.4 Å². The van der Waals surface area contributed by atoms with E-state index in [0.29, 0.717) is 13.1 Å². The Morgan fingerprint density at radius 2 is 1.74 bits per heavy atom. The van der Waals surface area contributed by atoms with Crippen LogP contribution in [0.1, 0.15) is 27.7 Å². The van der Waals surface area contributed by atoms with Crippen molar-refractivity contribution in [2.24, 2.45) is 10.4 Å². The molecule has 1 rings (SSSR count). The number of amides is 1. The fourth-order valence-electron chi connectivity index (χ4n) is 1.77. The van der Waals surface area contributed by atoms with Crippen LogP contribution in [0.5, 0.6) is 0 Å². The summed E-state index contributed by atoms with van der Waals surface area (Å²) in [7, 11) is 0. The van der Waals surface area contributed by atoms with E-state index < -0.39 is 0 Å². The van der Waals surface area contributed by atoms with Gasteiger partial charge in [-0.3, -0.25) is 9.79 Å². The lowest BCUT2D eigenvalue weighted by Crippen LogP contribution is -2.40. The van der Waals surface area contributed by atoms with E-state index in [1.807, 2.05) is 52.2 Å². The summed E-state index contributed by atoms with van der Waals surface area (Å²) in [5, 5.41) is 9.37. The number of nitrogens with zero attached hydrogens (tertiary/aromatic N) is 2. The molecule has 23 heavy (non-hydrogen) atoms. The van der Waals surface area contributed by atoms with Crippen molar-refractivity contribution in [1.82, 2.24) is 20.5 Å². The van der Waals surface area contributed by atoms with Gasteiger partial charge in [0, 0.05) is 44.0 Å². The fraction of sp³-hybridized carbons (Fsp3) is 0.625. The monoisotopic (exact) mass is 435 g/mol. The first kappa shape index (κ1) is 21.8. The third kappa shape index (κ3) is 9.47. The van der Waals surface area contributed by atoms with Crippen molar-refractivity contribution in [2.45, 2.75) is 34.2 Å². The van der Waals surface area contributed by atoms with Crippen molar-refractivity contribution in [3.63, 3.8) is 0 Å². The first-order chi connectivity index (χ1) is 10.4. The molecule has 1 amide bonds. The molecule has 0 aromatic carbocycles. The lowest BCUT2D eigenvalue weighted by Gasteiger charge is -2.17. The quantitative estimate of drug-likeness (QED) is 0.265. The SMILES string of the molecule is CCNC(=NCCNC(=O)C(C)(C)C)NCCn1cccc1.I. The second kappa shape index (κ2) is 11.3. The summed E-state index contributed by atoms with van der Waals surface area (Å²) in [4.78, 5) is 16.2. The van der Waals surface area contributed by atoms with Crippen molar-refractivity contribution in [1.29, 1.82) is 0 Å². The number of carbonyl (C=O) groups excluding carboxylic acids is 1. The standard InChI is InChI=1S/C16H29N5O.HI/c1-5-17-15(20-10-13-21-11-6-7-12-21)19-9-8-18-14(22)16(2,3)4;/h6-7,11-12H,5,8-10,13H2,1-4H3,(H,18,22)(H2,17,19,20);1H. The Bertz CT molecular complexity index is 465. The Balaban J connectivity index is 0.00000484. The van der Waals surface area contributed by atoms with Crippen LogP contribution < -0.4 is 16.0 Å². The molecule has 6 nitrogen and oxygen atoms in total. The largest absolute Gasteiger partial charge is 0.357 e. The number of hydrogen-bond donors (Lipinski definition) is 3. The van der Waals surface area contributed by atoms with Gasteiger partial charge in [-0.25, -0.2) is 0 Å². The molecule has 0 aliphatic rings. The van der Waals surface area contributed by atoms with Gasteiger partial charge in [0.1, 0.15) is 0 Å². The van der Waals surface area contributed by atoms with Crippen molar-refractivity contribution in [3.05, 3.63) is 24.5 Å². The van der Waals surface area contributed by atoms with Crippen molar-refractivity contribution >= 4 is 35.8 Å². The van der Waals surface area contributed by atoms with Gasteiger partial charge < -0.3 is 20.5 Å². The van der Waals surface area contributed by atoms with Crippen LogP contribution in [0.2, 0.25) is 0 Å². The molecule has 0 atom stereocenters. The molecule has 0 spiro atoms. The van der Waals surface area contributed by atoms with E-state index in [2.05, 4.69) is 25.5 Å². The molecule has 0 unspecified atom stereocenters. The Labute approximate surface area is 156 Å². The average Bonchev–Trinajstić information content (AvgIpc) is 2.95. The normalized spacial score (nSPS) is 11.6. The molecule has 0 saturated heterocycles. The third-order valence-corrected chi connectivity index (χ3v) is 3.02. The fourth-order valence-corrected chi connectivity index (χ4v) is 1.77. The molecule has 3 N–H and O–H groups in total. The zero-order valence-electron chi connectivity index (χ0n) is 14.6. The van der Waals surface area contributed by atoms with Gasteiger partial charge in [0.05, 0.1) is 6.54 Å². The third-order valence-electron chi connectivity index (χ3n) is 3.02. The van der Waals surface area contributed by atoms with E-state index in [4.69, 9.17) is 0 Å². The maximum absolute atomic E-state index is 11.7. The molecular formula is C16H30IN5O. The minimum Gasteiger partial charge on any atom is -0.357 e. The van der Waals surface area contributed by atoms with Gasteiger partial charge in [0.15, 0.2) is 5.96 Å². The maximum atomic E-state index is 11.7. The highest BCUT2D eigenvalue weighted by Crippen LogP contribution is 2.11. The lowest BCUT2D eigenvalue weighted by atomic mass is 9.96. The van der Waals surface area contributed by atoms with Crippen LogP contribution in [0.15, 0.2) is 29.5 Å². The van der Waals surface area contributed by atoms with Crippen LogP contribution in [0.4, 0.5) is 0 Å². The zero-order valence-corrected chi connectivity index (χ0v) is 16.9. The number of rotatable bonds is 7. The van der Waals surface area contributed by atoms with E-state index in [0.717, 1.165) is 25.6 Å². The van der Waals surface area contributed by atoms with Crippen LogP contribution in [0.3, 0.4) is 0 Å². The van der Waals surface area contributed by atoms with Crippen LogP contribution in [0, 0.1) is 5.41 Å². The number of hydrogen-bond acceptors (Lipinski definition) is 2. The van der Waals surface area contributed by atoms with Crippen LogP contribution in [-0.2, 0) is 11.3 Å². The molecule has 132 valence electrons. The molecule has 1 heterocycles. The summed E-state index contributed by atoms with van der Waals surface area (Å²) in [5.74, 6) is 0.827. The van der Waals surface area contributed by atoms with E-state index in [1.54, 1.807) is 0 Å². The summed E-state index contributed by atoms with van der Waals surface area (Å²) in [6.07, 6.45) is 4.07. The Kier molecular flexibility index (Phi) is 10.7. The maximum Gasteiger partial charge on any atom is 0.225 e. The van der Waals surface area contributed by atoms with Crippen LogP contribution in [-0.4, -0.2) is 42.6 Å². The first-order valence-corrected chi connectivity index (χ1v) is 7.84. The molecular weight excluding hydrogens is 405 g/mol. The first-order valence-electron chi connectivity index (χ1n) is 7.84. The summed E-state index contributed by atoms with van der Waals surface area (Å²) in [6.45, 7) is 11.3. The molecule has 0 aliphatic carbocycles. The molecule has 0 radical (unpaired) electrons. The lowest BCUT2D eigenvalue weighted by molar-refractivity contribution is -0.128. The minimum absolute atomic E-state index is 0. The molecule has 0 aliphatic heterocycles. The summed E-state index contributed by atoms with van der Waals surface area (Å²) in [5.41, 5.74) is -0.358. The van der Waals surface area contributed by atoms with Crippen molar-refractivity contribution in [3.8, 4) is 0 Å². The van der Waals surface area contributed by atoms with Crippen LogP contribution in [0.25, 0.3) is 0 Å². The molecule has 1 aromatic heterocycles. The molecule has 7 heteroatoms. The smallest absolute Gasteiger partial charge is 0.225 e. The van der Waals surface area contributed by atoms with Crippen LogP contribution >= 0.6 is 24.0 Å². The number of guanidine groups is 1. The van der Waals surface area contributed by atoms with Gasteiger partial charge in [-0.2, -0.15) is 0 Å². The molecule has 0 saturated carbocycles. The predicted molar refractivity (Wildman–Crippen MR) is 106 cm³/mol. The Morgan fingerprint density at radius 3 is 2.30 bits per heavy atom. The van der Waals surface area contributed by atoms with Gasteiger partial charge in [0.2, 0.25) is 5.91 Å². The average molecular weight is 435 g/mol. The Morgan fingerprint density at radius 1 is 1.09 bits per heavy atom. The minimum atomic E-state index is -0.358. The highest BCUT2D eigenvalue weighted by molar-refractivity contribution is 14.0. The second-order valence-electron chi connectivity index (χ2n) is 6.11. The molecule has 0 fully saturated rings. The van der Waals surface area contributed by atoms with Gasteiger partial charge in [0.25, 0.3) is 0 Å². The van der Waals surface area contributed by atoms with E-state index in [1.165, 1.54) is 0 Å². The van der Waals surface area contributed by atoms with Gasteiger partial charge >= 0.3 is 0 Å². The number of aromatic nitrogens is 1. The second-order valence-corrected chi connectivity index (χ2v) is 6.11. The summed E-state index contributed by atoms with van der Waals surface area (Å²) >= 11 is 0. The predicted octanol–water partition coefficient (Wildman–Crippen LogP) is 1.82. The Hall–Kier alpha value is -1.25. The van der Waals surface area contributed by atoms with E-state index in [9.17, 15) is 4.79 Å². The van der Waals surface area contributed by atoms with Gasteiger partial charge in [-0.15, -0.1) is 24.0 Å². The van der Waals surface area contributed by atoms with E-state index in [-0.39, 0.29) is 35.3 Å². The van der Waals surface area contributed by atoms with Crippen molar-refractivity contribution in [2.75, 3.05) is 26.2 Å². The highest BCUT2D eigenvalue weighted by Gasteiger charge is 2.20. The zero-order chi connectivity index (χ0) is 16.4. The van der Waals surface area contributed by atoms with Gasteiger partial charge in [-0.1, -0.05) is 20.8 Å².